The number of aromatic nitrogens is 10. The summed E-state index contributed by atoms with van der Waals surface area (Å²) in [4.78, 5) is 24.5. The van der Waals surface area contributed by atoms with Crippen molar-refractivity contribution in [3.05, 3.63) is 96.4 Å². The van der Waals surface area contributed by atoms with Gasteiger partial charge in [-0.15, -0.1) is 10.2 Å². The molecule has 62 heavy (non-hydrogen) atoms. The predicted molar refractivity (Wildman–Crippen MR) is 229 cm³/mol. The van der Waals surface area contributed by atoms with Crippen LogP contribution in [-0.4, -0.2) is 116 Å². The maximum atomic E-state index is 11.4. The molecule has 0 atom stereocenters. The standard InChI is InChI=1S/C19H21N7O3.C10H15NO2.C9H8N6O3S.CH4/c1-27-11-12-28-14-6-4-13(5-7-14)8-9-21-18-23-17(20)26-19(24-18)22-16(25-26)15-3-2-10-29-15;11-6-5-9-1-3-10(4-2-9)13-8-7-12;1-19(16,17)9-12-7(10)15-8(13-9)11-6(14-15)5-3-2-4-18-5;/h2-7,10H,8-9,11-12H2,1H3,(H3,20,21,22,23,24,25);1-4,12H,5-8,11H2;2-4H,1H3,(H2,10,11,12,13,14);1H4. The van der Waals surface area contributed by atoms with E-state index in [0.29, 0.717) is 62.0 Å². The Morgan fingerprint density at radius 3 is 1.74 bits per heavy atom. The first-order chi connectivity index (χ1) is 29.5. The lowest BCUT2D eigenvalue weighted by Crippen LogP contribution is -2.12. The average Bonchev–Trinajstić information content (AvgIpc) is 4.09. The van der Waals surface area contributed by atoms with Gasteiger partial charge in [-0.25, -0.2) is 8.42 Å². The van der Waals surface area contributed by atoms with Crippen molar-refractivity contribution in [3.8, 4) is 34.7 Å². The lowest BCUT2D eigenvalue weighted by molar-refractivity contribution is 0.146. The fourth-order valence-electron chi connectivity index (χ4n) is 5.25. The summed E-state index contributed by atoms with van der Waals surface area (Å²) in [6.07, 6.45) is 5.69. The van der Waals surface area contributed by atoms with Crippen molar-refractivity contribution in [2.45, 2.75) is 25.4 Å². The second-order valence-corrected chi connectivity index (χ2v) is 14.6. The van der Waals surface area contributed by atoms with E-state index in [2.05, 4.69) is 45.4 Å². The number of sulfone groups is 1. The Hall–Kier alpha value is -7.21. The molecule has 8 rings (SSSR count). The van der Waals surface area contributed by atoms with Crippen LogP contribution >= 0.6 is 0 Å². The number of aliphatic hydroxyl groups is 1. The van der Waals surface area contributed by atoms with Crippen LogP contribution in [-0.2, 0) is 27.4 Å². The molecule has 0 unspecified atom stereocenters. The van der Waals surface area contributed by atoms with Gasteiger partial charge in [-0.2, -0.15) is 38.9 Å². The number of benzene rings is 2. The maximum Gasteiger partial charge on any atom is 0.259 e. The number of hydrogen-bond donors (Lipinski definition) is 5. The Morgan fingerprint density at radius 1 is 0.710 bits per heavy atom. The van der Waals surface area contributed by atoms with Gasteiger partial charge in [0.05, 0.1) is 25.7 Å². The molecular formula is C39H48N14O8S. The summed E-state index contributed by atoms with van der Waals surface area (Å²) in [6.45, 7) is 2.79. The largest absolute Gasteiger partial charge is 0.491 e. The lowest BCUT2D eigenvalue weighted by atomic mass is 10.1. The monoisotopic (exact) mass is 872 g/mol. The van der Waals surface area contributed by atoms with Gasteiger partial charge in [0.15, 0.2) is 11.5 Å². The summed E-state index contributed by atoms with van der Waals surface area (Å²) in [5, 5.41) is 19.6. The quantitative estimate of drug-likeness (QED) is 0.0871. The highest BCUT2D eigenvalue weighted by Gasteiger charge is 2.18. The molecule has 0 fully saturated rings. The molecule has 328 valence electrons. The van der Waals surface area contributed by atoms with Crippen molar-refractivity contribution in [3.63, 3.8) is 0 Å². The van der Waals surface area contributed by atoms with Gasteiger partial charge in [0.25, 0.3) is 16.7 Å². The summed E-state index contributed by atoms with van der Waals surface area (Å²) < 4.78 is 51.5. The number of aliphatic hydroxyl groups excluding tert-OH is 1. The van der Waals surface area contributed by atoms with Gasteiger partial charge in [-0.05, 0) is 79.0 Å². The summed E-state index contributed by atoms with van der Waals surface area (Å²) in [6, 6.07) is 22.6. The minimum Gasteiger partial charge on any atom is -0.491 e. The van der Waals surface area contributed by atoms with Gasteiger partial charge in [-0.3, -0.25) is 0 Å². The smallest absolute Gasteiger partial charge is 0.259 e. The highest BCUT2D eigenvalue weighted by Crippen LogP contribution is 2.20. The van der Waals surface area contributed by atoms with Crippen LogP contribution < -0.4 is 32.0 Å². The first-order valence-electron chi connectivity index (χ1n) is 18.6. The van der Waals surface area contributed by atoms with E-state index >= 15 is 0 Å². The zero-order valence-electron chi connectivity index (χ0n) is 33.2. The zero-order chi connectivity index (χ0) is 43.2. The van der Waals surface area contributed by atoms with Crippen LogP contribution in [0.2, 0.25) is 0 Å². The fourth-order valence-corrected chi connectivity index (χ4v) is 5.76. The number of hydrogen-bond acceptors (Lipinski definition) is 20. The van der Waals surface area contributed by atoms with Crippen molar-refractivity contribution >= 4 is 39.2 Å². The fraction of sp³-hybridized carbons (Fsp3) is 0.282. The third kappa shape index (κ3) is 12.4. The molecule has 0 amide bonds. The molecule has 6 heterocycles. The number of anilines is 3. The van der Waals surface area contributed by atoms with Gasteiger partial charge in [-0.1, -0.05) is 31.7 Å². The molecule has 2 aromatic carbocycles. The van der Waals surface area contributed by atoms with Crippen molar-refractivity contribution in [1.29, 1.82) is 0 Å². The third-order valence-electron chi connectivity index (χ3n) is 8.15. The number of fused-ring (bicyclic) bond motifs is 2. The minimum absolute atomic E-state index is 0. The van der Waals surface area contributed by atoms with E-state index in [1.54, 1.807) is 37.6 Å². The van der Waals surface area contributed by atoms with E-state index in [1.807, 2.05) is 48.5 Å². The molecule has 0 aliphatic heterocycles. The first kappa shape index (κ1) is 45.9. The molecule has 22 nitrogen and oxygen atoms in total. The number of nitrogen functional groups attached to an aromatic ring is 2. The van der Waals surface area contributed by atoms with E-state index in [0.717, 1.165) is 40.7 Å². The van der Waals surface area contributed by atoms with Crippen LogP contribution in [0.4, 0.5) is 17.8 Å². The lowest BCUT2D eigenvalue weighted by Gasteiger charge is -2.08. The van der Waals surface area contributed by atoms with Gasteiger partial charge in [0.2, 0.25) is 39.3 Å². The third-order valence-corrected chi connectivity index (χ3v) is 9.00. The summed E-state index contributed by atoms with van der Waals surface area (Å²) in [7, 11) is -1.92. The number of ether oxygens (including phenoxy) is 3. The van der Waals surface area contributed by atoms with Gasteiger partial charge >= 0.3 is 0 Å². The normalized spacial score (nSPS) is 11.0. The second-order valence-electron chi connectivity index (χ2n) is 12.7. The van der Waals surface area contributed by atoms with E-state index in [1.165, 1.54) is 16.3 Å². The van der Waals surface area contributed by atoms with E-state index in [9.17, 15) is 8.42 Å². The Kier molecular flexibility index (Phi) is 16.2. The number of nitrogens with one attached hydrogen (secondary N) is 1. The summed E-state index contributed by atoms with van der Waals surface area (Å²) in [5.41, 5.74) is 19.4. The molecule has 6 aromatic heterocycles. The molecule has 0 aliphatic carbocycles. The molecule has 0 bridgehead atoms. The Balaban J connectivity index is 0.000000190. The molecular weight excluding hydrogens is 825 g/mol. The van der Waals surface area contributed by atoms with Gasteiger partial charge in [0, 0.05) is 19.9 Å². The van der Waals surface area contributed by atoms with Crippen LogP contribution in [0, 0.1) is 0 Å². The molecule has 8 aromatic rings. The van der Waals surface area contributed by atoms with E-state index in [-0.39, 0.29) is 37.5 Å². The van der Waals surface area contributed by atoms with Crippen molar-refractivity contribution in [2.75, 3.05) is 69.7 Å². The van der Waals surface area contributed by atoms with Crippen molar-refractivity contribution < 1.29 is 36.6 Å². The summed E-state index contributed by atoms with van der Waals surface area (Å²) in [5.74, 6) is 4.09. The number of furan rings is 2. The highest BCUT2D eigenvalue weighted by atomic mass is 32.2. The number of rotatable bonds is 16. The zero-order valence-corrected chi connectivity index (χ0v) is 34.0. The topological polar surface area (TPSA) is 310 Å². The Bertz CT molecular complexity index is 2690. The Morgan fingerprint density at radius 2 is 1.24 bits per heavy atom. The Labute approximate surface area is 356 Å². The number of methoxy groups -OCH3 is 1. The van der Waals surface area contributed by atoms with Crippen molar-refractivity contribution in [2.24, 2.45) is 5.73 Å². The summed E-state index contributed by atoms with van der Waals surface area (Å²) >= 11 is 0. The van der Waals surface area contributed by atoms with Crippen molar-refractivity contribution in [1.82, 2.24) is 49.1 Å². The minimum atomic E-state index is -3.57. The molecule has 23 heteroatoms. The SMILES string of the molecule is C.COCCOc1ccc(CCNc2nc(N)n3nc(-c4ccco4)nc3n2)cc1.CS(=O)(=O)c1nc(N)n2nc(-c3ccco3)nc2n1.NCCc1ccc(OCCO)cc1. The predicted octanol–water partition coefficient (Wildman–Crippen LogP) is 3.00. The van der Waals surface area contributed by atoms with Crippen LogP contribution in [0.15, 0.2) is 99.3 Å². The van der Waals surface area contributed by atoms with E-state index in [4.69, 9.17) is 45.4 Å². The van der Waals surface area contributed by atoms with Gasteiger partial charge in [0.1, 0.15) is 24.7 Å². The maximum absolute atomic E-state index is 11.4. The van der Waals surface area contributed by atoms with Crippen LogP contribution in [0.3, 0.4) is 0 Å². The molecule has 0 saturated heterocycles. The number of nitrogens with two attached hydrogens (primary N) is 3. The van der Waals surface area contributed by atoms with Crippen LogP contribution in [0.5, 0.6) is 11.5 Å². The van der Waals surface area contributed by atoms with E-state index < -0.39 is 15.0 Å². The van der Waals surface area contributed by atoms with Gasteiger partial charge < -0.3 is 50.7 Å². The number of nitrogens with zero attached hydrogens (tertiary/aromatic N) is 10. The highest BCUT2D eigenvalue weighted by molar-refractivity contribution is 7.90. The molecule has 8 N–H and O–H groups in total. The van der Waals surface area contributed by atoms with Crippen LogP contribution in [0.25, 0.3) is 34.7 Å². The molecule has 0 spiro atoms. The molecule has 0 aliphatic rings. The molecule has 0 radical (unpaired) electrons. The van der Waals surface area contributed by atoms with Crippen LogP contribution in [0.1, 0.15) is 18.6 Å². The second kappa shape index (κ2) is 21.9. The first-order valence-corrected chi connectivity index (χ1v) is 20.5. The molecule has 0 saturated carbocycles. The average molecular weight is 873 g/mol.